The fourth-order valence-corrected chi connectivity index (χ4v) is 1.92. The lowest BCUT2D eigenvalue weighted by Gasteiger charge is -2.09. The molecule has 0 aliphatic carbocycles. The van der Waals surface area contributed by atoms with Crippen molar-refractivity contribution in [1.29, 1.82) is 0 Å². The molecule has 2 aromatic rings. The summed E-state index contributed by atoms with van der Waals surface area (Å²) in [6, 6.07) is 8.35. The second-order valence-corrected chi connectivity index (χ2v) is 4.96. The van der Waals surface area contributed by atoms with Gasteiger partial charge in [-0.1, -0.05) is 17.7 Å². The van der Waals surface area contributed by atoms with Crippen LogP contribution in [0, 0.1) is 6.92 Å². The second-order valence-electron chi connectivity index (χ2n) is 4.52. The molecule has 2 N–H and O–H groups in total. The van der Waals surface area contributed by atoms with E-state index in [9.17, 15) is 9.59 Å². The monoisotopic (exact) mass is 303 g/mol. The van der Waals surface area contributed by atoms with Crippen molar-refractivity contribution in [1.82, 2.24) is 4.98 Å². The molecular weight excluding hydrogens is 290 g/mol. The van der Waals surface area contributed by atoms with E-state index in [4.69, 9.17) is 11.6 Å². The minimum absolute atomic E-state index is 0.245. The molecule has 2 amide bonds. The summed E-state index contributed by atoms with van der Waals surface area (Å²) < 4.78 is 0. The lowest BCUT2D eigenvalue weighted by Crippen LogP contribution is -2.14. The van der Waals surface area contributed by atoms with Gasteiger partial charge in [-0.05, 0) is 36.8 Å². The summed E-state index contributed by atoms with van der Waals surface area (Å²) in [7, 11) is 0. The van der Waals surface area contributed by atoms with Crippen LogP contribution in [0.25, 0.3) is 0 Å². The zero-order chi connectivity index (χ0) is 15.4. The number of benzene rings is 1. The highest BCUT2D eigenvalue weighted by Crippen LogP contribution is 2.21. The van der Waals surface area contributed by atoms with Crippen molar-refractivity contribution >= 4 is 34.9 Å². The highest BCUT2D eigenvalue weighted by Gasteiger charge is 2.09. The van der Waals surface area contributed by atoms with Gasteiger partial charge in [0, 0.05) is 29.4 Å². The molecule has 6 heteroatoms. The van der Waals surface area contributed by atoms with Crippen LogP contribution in [0.2, 0.25) is 5.02 Å². The number of amides is 2. The number of nitrogens with one attached hydrogen (secondary N) is 2. The Morgan fingerprint density at radius 2 is 1.90 bits per heavy atom. The van der Waals surface area contributed by atoms with Crippen LogP contribution in [0.1, 0.15) is 22.8 Å². The maximum Gasteiger partial charge on any atom is 0.255 e. The third-order valence-corrected chi connectivity index (χ3v) is 3.01. The minimum atomic E-state index is -0.297. The second kappa shape index (κ2) is 6.37. The maximum atomic E-state index is 12.2. The average molecular weight is 304 g/mol. The van der Waals surface area contributed by atoms with E-state index in [0.717, 1.165) is 5.56 Å². The minimum Gasteiger partial charge on any atom is -0.322 e. The molecule has 0 unspecified atom stereocenters. The molecule has 2 rings (SSSR count). The van der Waals surface area contributed by atoms with Crippen molar-refractivity contribution in [3.05, 3.63) is 52.7 Å². The number of hydrogen-bond donors (Lipinski definition) is 2. The van der Waals surface area contributed by atoms with Crippen LogP contribution in [-0.4, -0.2) is 16.8 Å². The molecule has 1 aromatic carbocycles. The highest BCUT2D eigenvalue weighted by molar-refractivity contribution is 6.31. The largest absolute Gasteiger partial charge is 0.322 e. The number of pyridine rings is 1. The number of anilines is 2. The van der Waals surface area contributed by atoms with Crippen LogP contribution in [0.3, 0.4) is 0 Å². The third-order valence-electron chi connectivity index (χ3n) is 2.77. The van der Waals surface area contributed by atoms with E-state index in [1.165, 1.54) is 19.2 Å². The number of nitrogens with zero attached hydrogens (tertiary/aromatic N) is 1. The molecule has 0 aliphatic rings. The van der Waals surface area contributed by atoms with Gasteiger partial charge in [-0.2, -0.15) is 0 Å². The SMILES string of the molecule is CC(=O)Nc1cc(C(=O)Nc2cc(Cl)ccc2C)ccn1. The van der Waals surface area contributed by atoms with Crippen molar-refractivity contribution < 1.29 is 9.59 Å². The Kier molecular flexibility index (Phi) is 4.55. The fourth-order valence-electron chi connectivity index (χ4n) is 1.74. The molecule has 0 saturated carbocycles. The first kappa shape index (κ1) is 15.0. The maximum absolute atomic E-state index is 12.2. The lowest BCUT2D eigenvalue weighted by atomic mass is 10.2. The first-order chi connectivity index (χ1) is 9.95. The van der Waals surface area contributed by atoms with E-state index in [2.05, 4.69) is 15.6 Å². The topological polar surface area (TPSA) is 71.1 Å². The van der Waals surface area contributed by atoms with Crippen molar-refractivity contribution in [2.45, 2.75) is 13.8 Å². The van der Waals surface area contributed by atoms with Crippen molar-refractivity contribution in [2.75, 3.05) is 10.6 Å². The molecule has 0 radical (unpaired) electrons. The predicted octanol–water partition coefficient (Wildman–Crippen LogP) is 3.25. The Labute approximate surface area is 127 Å². The third kappa shape index (κ3) is 4.03. The molecular formula is C15H14ClN3O2. The van der Waals surface area contributed by atoms with Crippen molar-refractivity contribution in [2.24, 2.45) is 0 Å². The predicted molar refractivity (Wildman–Crippen MR) is 82.7 cm³/mol. The molecule has 0 aliphatic heterocycles. The summed E-state index contributed by atoms with van der Waals surface area (Å²) in [4.78, 5) is 27.2. The highest BCUT2D eigenvalue weighted by atomic mass is 35.5. The Morgan fingerprint density at radius 1 is 1.14 bits per heavy atom. The van der Waals surface area contributed by atoms with Crippen LogP contribution in [0.15, 0.2) is 36.5 Å². The molecule has 0 spiro atoms. The van der Waals surface area contributed by atoms with E-state index in [0.29, 0.717) is 22.1 Å². The summed E-state index contributed by atoms with van der Waals surface area (Å²) in [5.74, 6) is -0.210. The first-order valence-electron chi connectivity index (χ1n) is 6.27. The Morgan fingerprint density at radius 3 is 2.62 bits per heavy atom. The van der Waals surface area contributed by atoms with Crippen LogP contribution in [0.4, 0.5) is 11.5 Å². The number of rotatable bonds is 3. The van der Waals surface area contributed by atoms with Crippen molar-refractivity contribution in [3.8, 4) is 0 Å². The Balaban J connectivity index is 2.20. The molecule has 21 heavy (non-hydrogen) atoms. The summed E-state index contributed by atoms with van der Waals surface area (Å²) >= 11 is 5.92. The first-order valence-corrected chi connectivity index (χ1v) is 6.64. The Bertz CT molecular complexity index is 701. The van der Waals surface area contributed by atoms with Gasteiger partial charge in [0.2, 0.25) is 5.91 Å². The van der Waals surface area contributed by atoms with E-state index in [1.54, 1.807) is 18.2 Å². The number of aryl methyl sites for hydroxylation is 1. The molecule has 1 aromatic heterocycles. The molecule has 0 atom stereocenters. The Hall–Kier alpha value is -2.40. The smallest absolute Gasteiger partial charge is 0.255 e. The van der Waals surface area contributed by atoms with Gasteiger partial charge in [0.05, 0.1) is 0 Å². The van der Waals surface area contributed by atoms with E-state index >= 15 is 0 Å². The van der Waals surface area contributed by atoms with Gasteiger partial charge in [-0.25, -0.2) is 4.98 Å². The van der Waals surface area contributed by atoms with Gasteiger partial charge in [0.25, 0.3) is 5.91 Å². The molecule has 5 nitrogen and oxygen atoms in total. The summed E-state index contributed by atoms with van der Waals surface area (Å²) in [6.45, 7) is 3.25. The van der Waals surface area contributed by atoms with Crippen LogP contribution < -0.4 is 10.6 Å². The van der Waals surface area contributed by atoms with Crippen LogP contribution >= 0.6 is 11.6 Å². The zero-order valence-electron chi connectivity index (χ0n) is 11.6. The van der Waals surface area contributed by atoms with E-state index in [1.807, 2.05) is 13.0 Å². The molecule has 108 valence electrons. The average Bonchev–Trinajstić information content (AvgIpc) is 2.42. The number of carbonyl (C=O) groups is 2. The van der Waals surface area contributed by atoms with Gasteiger partial charge in [-0.3, -0.25) is 9.59 Å². The fraction of sp³-hybridized carbons (Fsp3) is 0.133. The van der Waals surface area contributed by atoms with Gasteiger partial charge < -0.3 is 10.6 Å². The lowest BCUT2D eigenvalue weighted by molar-refractivity contribution is -0.114. The number of hydrogen-bond acceptors (Lipinski definition) is 3. The molecule has 0 bridgehead atoms. The number of halogens is 1. The van der Waals surface area contributed by atoms with Gasteiger partial charge in [0.15, 0.2) is 0 Å². The zero-order valence-corrected chi connectivity index (χ0v) is 12.4. The van der Waals surface area contributed by atoms with E-state index in [-0.39, 0.29) is 11.8 Å². The molecule has 1 heterocycles. The standard InChI is InChI=1S/C15H14ClN3O2/c1-9-3-4-12(16)8-13(9)19-15(21)11-5-6-17-14(7-11)18-10(2)20/h3-8H,1-2H3,(H,19,21)(H,17,18,20). The van der Waals surface area contributed by atoms with E-state index < -0.39 is 0 Å². The summed E-state index contributed by atoms with van der Waals surface area (Å²) in [6.07, 6.45) is 1.46. The summed E-state index contributed by atoms with van der Waals surface area (Å²) in [5.41, 5.74) is 1.95. The van der Waals surface area contributed by atoms with Crippen LogP contribution in [-0.2, 0) is 4.79 Å². The van der Waals surface area contributed by atoms with Crippen molar-refractivity contribution in [3.63, 3.8) is 0 Å². The van der Waals surface area contributed by atoms with Gasteiger partial charge in [-0.15, -0.1) is 0 Å². The van der Waals surface area contributed by atoms with Gasteiger partial charge in [0.1, 0.15) is 5.82 Å². The number of aromatic nitrogens is 1. The molecule has 0 fully saturated rings. The normalized spacial score (nSPS) is 10.0. The van der Waals surface area contributed by atoms with Gasteiger partial charge >= 0.3 is 0 Å². The molecule has 0 saturated heterocycles. The van der Waals surface area contributed by atoms with Crippen LogP contribution in [0.5, 0.6) is 0 Å². The summed E-state index contributed by atoms with van der Waals surface area (Å²) in [5, 5.41) is 5.86. The quantitative estimate of drug-likeness (QED) is 0.914. The number of carbonyl (C=O) groups excluding carboxylic acids is 2.